The van der Waals surface area contributed by atoms with Crippen molar-refractivity contribution in [2.75, 3.05) is 5.32 Å². The maximum Gasteiger partial charge on any atom is 0.248 e. The van der Waals surface area contributed by atoms with Crippen LogP contribution in [0.4, 0.5) is 10.1 Å². The number of nitrogens with zero attached hydrogens (tertiary/aromatic N) is 3. The Kier molecular flexibility index (Phi) is 4.56. The second kappa shape index (κ2) is 6.96. The number of halogens is 1. The molecule has 0 aliphatic carbocycles. The summed E-state index contributed by atoms with van der Waals surface area (Å²) >= 11 is 0. The molecule has 2 N–H and O–H groups in total. The Balaban J connectivity index is 1.77. The van der Waals surface area contributed by atoms with Crippen molar-refractivity contribution in [1.29, 1.82) is 0 Å². The third-order valence-corrected chi connectivity index (χ3v) is 3.50. The van der Waals surface area contributed by atoms with Gasteiger partial charge in [-0.2, -0.15) is 5.10 Å². The molecule has 0 spiro atoms. The Morgan fingerprint density at radius 3 is 2.88 bits per heavy atom. The molecule has 3 aromatic rings. The monoisotopic (exact) mass is 338 g/mol. The second-order valence-corrected chi connectivity index (χ2v) is 5.35. The van der Waals surface area contributed by atoms with Gasteiger partial charge in [0.05, 0.1) is 6.20 Å². The molecule has 0 unspecified atom stereocenters. The Labute approximate surface area is 143 Å². The fourth-order valence-corrected chi connectivity index (χ4v) is 2.30. The number of aromatic hydroxyl groups is 1. The number of benzene rings is 1. The summed E-state index contributed by atoms with van der Waals surface area (Å²) in [7, 11) is 1.82. The van der Waals surface area contributed by atoms with E-state index in [1.54, 1.807) is 29.3 Å². The van der Waals surface area contributed by atoms with Gasteiger partial charge in [-0.15, -0.1) is 0 Å². The van der Waals surface area contributed by atoms with E-state index in [2.05, 4.69) is 15.4 Å². The Bertz CT molecular complexity index is 950. The number of pyridine rings is 1. The molecule has 0 aliphatic heterocycles. The van der Waals surface area contributed by atoms with Crippen LogP contribution in [0.25, 0.3) is 17.2 Å². The van der Waals surface area contributed by atoms with E-state index in [9.17, 15) is 9.18 Å². The molecule has 1 aromatic carbocycles. The molecule has 0 atom stereocenters. The highest BCUT2D eigenvalue weighted by molar-refractivity contribution is 6.02. The first kappa shape index (κ1) is 16.4. The van der Waals surface area contributed by atoms with Crippen molar-refractivity contribution in [3.8, 4) is 16.9 Å². The number of carbonyl (C=O) groups is 1. The lowest BCUT2D eigenvalue weighted by molar-refractivity contribution is -0.111. The Morgan fingerprint density at radius 2 is 2.16 bits per heavy atom. The predicted molar refractivity (Wildman–Crippen MR) is 92.2 cm³/mol. The molecule has 2 heterocycles. The third-order valence-electron chi connectivity index (χ3n) is 3.50. The van der Waals surface area contributed by atoms with Gasteiger partial charge in [0.15, 0.2) is 11.6 Å². The van der Waals surface area contributed by atoms with Gasteiger partial charge >= 0.3 is 0 Å². The molecule has 0 radical (unpaired) electrons. The number of phenols is 1. The molecule has 1 amide bonds. The van der Waals surface area contributed by atoms with E-state index in [0.29, 0.717) is 0 Å². The van der Waals surface area contributed by atoms with Crippen molar-refractivity contribution in [3.63, 3.8) is 0 Å². The molecule has 0 bridgehead atoms. The smallest absolute Gasteiger partial charge is 0.248 e. The SMILES string of the molecule is Cn1cc(-c2ccncc2/C=C/C(=O)Nc2ccc(O)c(F)c2)cn1. The summed E-state index contributed by atoms with van der Waals surface area (Å²) in [5.74, 6) is -1.69. The van der Waals surface area contributed by atoms with Gasteiger partial charge in [0, 0.05) is 54.6 Å². The number of carbonyl (C=O) groups excluding carboxylic acids is 1. The van der Waals surface area contributed by atoms with E-state index < -0.39 is 17.5 Å². The lowest BCUT2D eigenvalue weighted by Gasteiger charge is -2.04. The molecule has 6 nitrogen and oxygen atoms in total. The van der Waals surface area contributed by atoms with Crippen LogP contribution in [-0.4, -0.2) is 25.8 Å². The summed E-state index contributed by atoms with van der Waals surface area (Å²) in [5, 5.41) is 15.8. The van der Waals surface area contributed by atoms with Crippen molar-refractivity contribution < 1.29 is 14.3 Å². The highest BCUT2D eigenvalue weighted by atomic mass is 19.1. The normalized spacial score (nSPS) is 11.0. The fraction of sp³-hybridized carbons (Fsp3) is 0.0556. The zero-order chi connectivity index (χ0) is 17.8. The van der Waals surface area contributed by atoms with Crippen LogP contribution in [0.2, 0.25) is 0 Å². The summed E-state index contributed by atoms with van der Waals surface area (Å²) in [6.07, 6.45) is 9.87. The van der Waals surface area contributed by atoms with Gasteiger partial charge in [-0.05, 0) is 29.8 Å². The minimum atomic E-state index is -0.798. The molecule has 2 aromatic heterocycles. The van der Waals surface area contributed by atoms with E-state index in [4.69, 9.17) is 5.11 Å². The van der Waals surface area contributed by atoms with Gasteiger partial charge < -0.3 is 10.4 Å². The minimum absolute atomic E-state index is 0.253. The molecule has 7 heteroatoms. The summed E-state index contributed by atoms with van der Waals surface area (Å²) < 4.78 is 15.0. The van der Waals surface area contributed by atoms with Crippen molar-refractivity contribution in [1.82, 2.24) is 14.8 Å². The fourth-order valence-electron chi connectivity index (χ4n) is 2.30. The molecule has 126 valence electrons. The molecule has 0 saturated carbocycles. The molecule has 25 heavy (non-hydrogen) atoms. The van der Waals surface area contributed by atoms with Gasteiger partial charge in [-0.1, -0.05) is 0 Å². The van der Waals surface area contributed by atoms with Crippen molar-refractivity contribution in [2.24, 2.45) is 7.05 Å². The van der Waals surface area contributed by atoms with Crippen LogP contribution in [0.3, 0.4) is 0 Å². The van der Waals surface area contributed by atoms with Crippen molar-refractivity contribution in [3.05, 3.63) is 66.5 Å². The van der Waals surface area contributed by atoms with E-state index in [1.807, 2.05) is 19.3 Å². The van der Waals surface area contributed by atoms with Gasteiger partial charge in [0.1, 0.15) is 0 Å². The topological polar surface area (TPSA) is 80.0 Å². The maximum atomic E-state index is 13.3. The summed E-state index contributed by atoms with van der Waals surface area (Å²) in [6.45, 7) is 0. The number of aromatic nitrogens is 3. The Morgan fingerprint density at radius 1 is 1.32 bits per heavy atom. The molecule has 0 aliphatic rings. The quantitative estimate of drug-likeness (QED) is 0.566. The Hall–Kier alpha value is -3.48. The molecular weight excluding hydrogens is 323 g/mol. The zero-order valence-corrected chi connectivity index (χ0v) is 13.3. The summed E-state index contributed by atoms with van der Waals surface area (Å²) in [5.41, 5.74) is 2.81. The first-order chi connectivity index (χ1) is 12.0. The zero-order valence-electron chi connectivity index (χ0n) is 13.3. The lowest BCUT2D eigenvalue weighted by Crippen LogP contribution is -2.07. The molecule has 0 saturated heterocycles. The lowest BCUT2D eigenvalue weighted by atomic mass is 10.0. The predicted octanol–water partition coefficient (Wildman–Crippen LogP) is 2.98. The number of amides is 1. The van der Waals surface area contributed by atoms with E-state index in [-0.39, 0.29) is 5.69 Å². The van der Waals surface area contributed by atoms with Crippen LogP contribution >= 0.6 is 0 Å². The van der Waals surface area contributed by atoms with Crippen LogP contribution in [0.1, 0.15) is 5.56 Å². The van der Waals surface area contributed by atoms with E-state index in [0.717, 1.165) is 22.8 Å². The average molecular weight is 338 g/mol. The van der Waals surface area contributed by atoms with Crippen LogP contribution in [0.15, 0.2) is 55.1 Å². The average Bonchev–Trinajstić information content (AvgIpc) is 3.03. The van der Waals surface area contributed by atoms with Crippen LogP contribution in [0, 0.1) is 5.82 Å². The van der Waals surface area contributed by atoms with E-state index >= 15 is 0 Å². The van der Waals surface area contributed by atoms with Gasteiger partial charge in [0.25, 0.3) is 0 Å². The number of hydrogen-bond acceptors (Lipinski definition) is 4. The second-order valence-electron chi connectivity index (χ2n) is 5.35. The van der Waals surface area contributed by atoms with Crippen molar-refractivity contribution in [2.45, 2.75) is 0 Å². The van der Waals surface area contributed by atoms with Crippen LogP contribution in [-0.2, 0) is 11.8 Å². The summed E-state index contributed by atoms with van der Waals surface area (Å²) in [4.78, 5) is 16.1. The first-order valence-corrected chi connectivity index (χ1v) is 7.43. The van der Waals surface area contributed by atoms with Crippen molar-refractivity contribution >= 4 is 17.7 Å². The van der Waals surface area contributed by atoms with Gasteiger partial charge in [-0.25, -0.2) is 4.39 Å². The maximum absolute atomic E-state index is 13.3. The molecule has 3 rings (SSSR count). The highest BCUT2D eigenvalue weighted by Gasteiger charge is 2.06. The number of rotatable bonds is 4. The number of anilines is 1. The standard InChI is InChI=1S/C18H15FN4O2/c1-23-11-13(10-21-23)15-6-7-20-9-12(15)2-5-18(25)22-14-3-4-17(24)16(19)8-14/h2-11,24H,1H3,(H,22,25)/b5-2+. The largest absolute Gasteiger partial charge is 0.505 e. The van der Waals surface area contributed by atoms with Gasteiger partial charge in [-0.3, -0.25) is 14.5 Å². The number of aryl methyl sites for hydroxylation is 1. The summed E-state index contributed by atoms with van der Waals surface area (Å²) in [6, 6.07) is 5.47. The van der Waals surface area contributed by atoms with E-state index in [1.165, 1.54) is 18.2 Å². The third kappa shape index (κ3) is 3.89. The molecule has 0 fully saturated rings. The highest BCUT2D eigenvalue weighted by Crippen LogP contribution is 2.23. The van der Waals surface area contributed by atoms with Gasteiger partial charge in [0.2, 0.25) is 5.91 Å². The number of hydrogen-bond donors (Lipinski definition) is 2. The number of phenolic OH excluding ortho intramolecular Hbond substituents is 1. The van der Waals surface area contributed by atoms with Crippen LogP contribution in [0.5, 0.6) is 5.75 Å². The van der Waals surface area contributed by atoms with Crippen LogP contribution < -0.4 is 5.32 Å². The first-order valence-electron chi connectivity index (χ1n) is 7.43. The molecular formula is C18H15FN4O2. The number of nitrogens with one attached hydrogen (secondary N) is 1. The minimum Gasteiger partial charge on any atom is -0.505 e.